The van der Waals surface area contributed by atoms with Gasteiger partial charge in [0, 0.05) is 45.6 Å². The van der Waals surface area contributed by atoms with Gasteiger partial charge in [0.15, 0.2) is 0 Å². The Balaban J connectivity index is 1.66. The Labute approximate surface area is 151 Å². The maximum Gasteiger partial charge on any atom is 0.219 e. The number of hydroxylamine groups is 1. The number of benzene rings is 1. The van der Waals surface area contributed by atoms with E-state index in [1.165, 1.54) is 13.0 Å². The largest absolute Gasteiger partial charge is 0.366 e. The number of nitrogens with zero attached hydrogens (tertiary/aromatic N) is 2. The van der Waals surface area contributed by atoms with Crippen LogP contribution >= 0.6 is 0 Å². The van der Waals surface area contributed by atoms with Crippen LogP contribution in [0.15, 0.2) is 24.3 Å². The maximum atomic E-state index is 14.6. The van der Waals surface area contributed by atoms with Crippen molar-refractivity contribution in [2.24, 2.45) is 0 Å². The topological polar surface area (TPSA) is 73.9 Å². The Morgan fingerprint density at radius 3 is 2.62 bits per heavy atom. The molecule has 3 rings (SSSR count). The lowest BCUT2D eigenvalue weighted by Crippen LogP contribution is -2.48. The third-order valence-corrected chi connectivity index (χ3v) is 4.55. The molecule has 1 aromatic carbocycles. The summed E-state index contributed by atoms with van der Waals surface area (Å²) in [5.41, 5.74) is 4.66. The van der Waals surface area contributed by atoms with Gasteiger partial charge in [-0.2, -0.15) is 0 Å². The minimum absolute atomic E-state index is 0.0496. The molecule has 0 aliphatic carbocycles. The van der Waals surface area contributed by atoms with Crippen LogP contribution < -0.4 is 15.7 Å². The number of amides is 2. The fraction of sp³-hybridized carbons (Fsp3) is 0.444. The second-order valence-electron chi connectivity index (χ2n) is 6.44. The van der Waals surface area contributed by atoms with Crippen molar-refractivity contribution in [1.82, 2.24) is 15.7 Å². The number of carbonyl (C=O) groups excluding carboxylic acids is 2. The second-order valence-corrected chi connectivity index (χ2v) is 6.44. The molecule has 1 atom stereocenters. The second kappa shape index (κ2) is 7.74. The van der Waals surface area contributed by atoms with Gasteiger partial charge in [-0.05, 0) is 18.2 Å². The summed E-state index contributed by atoms with van der Waals surface area (Å²) < 4.78 is 14.6. The van der Waals surface area contributed by atoms with Crippen molar-refractivity contribution in [3.05, 3.63) is 35.7 Å². The molecule has 26 heavy (non-hydrogen) atoms. The Bertz CT molecular complexity index is 729. The molecule has 2 heterocycles. The monoisotopic (exact) mass is 362 g/mol. The third-order valence-electron chi connectivity index (χ3n) is 4.55. The molecule has 0 bridgehead atoms. The van der Waals surface area contributed by atoms with Crippen molar-refractivity contribution >= 4 is 23.2 Å². The van der Waals surface area contributed by atoms with Crippen LogP contribution in [0.25, 0.3) is 5.70 Å². The van der Waals surface area contributed by atoms with Crippen LogP contribution in [0, 0.1) is 5.82 Å². The smallest absolute Gasteiger partial charge is 0.219 e. The van der Waals surface area contributed by atoms with Crippen molar-refractivity contribution in [1.29, 1.82) is 0 Å². The molecule has 2 aliphatic heterocycles. The van der Waals surface area contributed by atoms with E-state index in [9.17, 15) is 14.0 Å². The first-order valence-corrected chi connectivity index (χ1v) is 8.62. The first-order valence-electron chi connectivity index (χ1n) is 8.62. The fourth-order valence-corrected chi connectivity index (χ4v) is 3.09. The van der Waals surface area contributed by atoms with Gasteiger partial charge in [-0.1, -0.05) is 6.07 Å². The molecule has 1 saturated heterocycles. The Morgan fingerprint density at radius 1 is 1.27 bits per heavy atom. The Kier molecular flexibility index (Phi) is 5.41. The Morgan fingerprint density at radius 2 is 2.00 bits per heavy atom. The van der Waals surface area contributed by atoms with E-state index in [1.54, 1.807) is 17.9 Å². The van der Waals surface area contributed by atoms with Gasteiger partial charge < -0.3 is 15.1 Å². The average Bonchev–Trinajstić information content (AvgIpc) is 3.09. The first-order chi connectivity index (χ1) is 12.4. The number of anilines is 1. The van der Waals surface area contributed by atoms with Crippen LogP contribution in [-0.2, 0) is 14.4 Å². The van der Waals surface area contributed by atoms with E-state index in [4.69, 9.17) is 4.84 Å². The van der Waals surface area contributed by atoms with Crippen molar-refractivity contribution in [2.45, 2.75) is 20.0 Å². The van der Waals surface area contributed by atoms with Gasteiger partial charge in [0.25, 0.3) is 0 Å². The van der Waals surface area contributed by atoms with Crippen LogP contribution in [0.1, 0.15) is 19.4 Å². The van der Waals surface area contributed by atoms with Crippen molar-refractivity contribution in [3.8, 4) is 0 Å². The molecule has 0 aromatic heterocycles. The number of hydrogen-bond acceptors (Lipinski definition) is 5. The third kappa shape index (κ3) is 4.13. The summed E-state index contributed by atoms with van der Waals surface area (Å²) in [6.07, 6.45) is 1.52. The zero-order valence-corrected chi connectivity index (χ0v) is 14.9. The summed E-state index contributed by atoms with van der Waals surface area (Å²) >= 11 is 0. The van der Waals surface area contributed by atoms with Crippen LogP contribution in [0.5, 0.6) is 0 Å². The molecule has 8 heteroatoms. The van der Waals surface area contributed by atoms with Gasteiger partial charge in [-0.25, -0.2) is 4.39 Å². The molecule has 1 unspecified atom stereocenters. The number of halogens is 1. The van der Waals surface area contributed by atoms with Crippen LogP contribution in [0.3, 0.4) is 0 Å². The molecule has 140 valence electrons. The van der Waals surface area contributed by atoms with Gasteiger partial charge in [-0.3, -0.25) is 19.9 Å². The number of rotatable bonds is 4. The molecule has 2 amide bonds. The number of hydrogen-bond donors (Lipinski definition) is 2. The molecule has 0 saturated carbocycles. The van der Waals surface area contributed by atoms with E-state index in [0.29, 0.717) is 49.7 Å². The summed E-state index contributed by atoms with van der Waals surface area (Å²) in [7, 11) is 0. The summed E-state index contributed by atoms with van der Waals surface area (Å²) in [6, 6.07) is 5.05. The minimum Gasteiger partial charge on any atom is -0.366 e. The molecule has 1 aromatic rings. The van der Waals surface area contributed by atoms with Crippen molar-refractivity contribution in [2.75, 3.05) is 37.6 Å². The highest BCUT2D eigenvalue weighted by atomic mass is 19.1. The molecular weight excluding hydrogens is 339 g/mol. The van der Waals surface area contributed by atoms with E-state index in [-0.39, 0.29) is 23.7 Å². The molecule has 2 aliphatic rings. The minimum atomic E-state index is -0.313. The lowest BCUT2D eigenvalue weighted by molar-refractivity contribution is -0.129. The summed E-state index contributed by atoms with van der Waals surface area (Å²) in [6.45, 7) is 5.76. The predicted molar refractivity (Wildman–Crippen MR) is 95.5 cm³/mol. The Hall–Kier alpha value is -2.61. The lowest BCUT2D eigenvalue weighted by Gasteiger charge is -2.35. The van der Waals surface area contributed by atoms with E-state index < -0.39 is 0 Å². The van der Waals surface area contributed by atoms with Gasteiger partial charge in [0.05, 0.1) is 17.9 Å². The molecule has 1 fully saturated rings. The van der Waals surface area contributed by atoms with Gasteiger partial charge in [0.1, 0.15) is 11.9 Å². The average molecular weight is 362 g/mol. The van der Waals surface area contributed by atoms with Crippen LogP contribution in [0.2, 0.25) is 0 Å². The standard InChI is InChI=1S/C18H23FN4O3/c1-12(24)20-11-15-10-17(21-26-15)14-3-4-18(16(19)9-14)23-7-5-22(6-8-23)13(2)25/h3-4,9-10,15,21H,5-8,11H2,1-2H3,(H,20,24). The predicted octanol–water partition coefficient (Wildman–Crippen LogP) is 0.875. The zero-order valence-electron chi connectivity index (χ0n) is 14.9. The summed E-state index contributed by atoms with van der Waals surface area (Å²) in [5, 5.41) is 2.68. The summed E-state index contributed by atoms with van der Waals surface area (Å²) in [5.74, 6) is -0.393. The molecule has 7 nitrogen and oxygen atoms in total. The van der Waals surface area contributed by atoms with Crippen molar-refractivity contribution in [3.63, 3.8) is 0 Å². The van der Waals surface area contributed by atoms with E-state index in [0.717, 1.165) is 0 Å². The van der Waals surface area contributed by atoms with Crippen molar-refractivity contribution < 1.29 is 18.8 Å². The molecule has 0 radical (unpaired) electrons. The SMILES string of the molecule is CC(=O)NCC1C=C(c2ccc(N3CCN(C(C)=O)CC3)c(F)c2)NO1. The van der Waals surface area contributed by atoms with Gasteiger partial charge in [-0.15, -0.1) is 0 Å². The highest BCUT2D eigenvalue weighted by Gasteiger charge is 2.22. The normalized spacial score (nSPS) is 19.8. The zero-order chi connectivity index (χ0) is 18.7. The molecule has 2 N–H and O–H groups in total. The highest BCUT2D eigenvalue weighted by Crippen LogP contribution is 2.26. The fourth-order valence-electron chi connectivity index (χ4n) is 3.09. The van der Waals surface area contributed by atoms with E-state index in [1.807, 2.05) is 17.0 Å². The van der Waals surface area contributed by atoms with Crippen LogP contribution in [-0.4, -0.2) is 55.5 Å². The molecular formula is C18H23FN4O3. The number of piperazine rings is 1. The lowest BCUT2D eigenvalue weighted by atomic mass is 10.1. The first kappa shape index (κ1) is 18.2. The van der Waals surface area contributed by atoms with Crippen LogP contribution in [0.4, 0.5) is 10.1 Å². The number of carbonyl (C=O) groups is 2. The molecule has 0 spiro atoms. The number of nitrogens with one attached hydrogen (secondary N) is 2. The highest BCUT2D eigenvalue weighted by molar-refractivity contribution is 5.74. The van der Waals surface area contributed by atoms with E-state index in [2.05, 4.69) is 10.8 Å². The quantitative estimate of drug-likeness (QED) is 0.832. The summed E-state index contributed by atoms with van der Waals surface area (Å²) in [4.78, 5) is 31.4. The van der Waals surface area contributed by atoms with E-state index >= 15 is 0 Å². The maximum absolute atomic E-state index is 14.6. The van der Waals surface area contributed by atoms with Gasteiger partial charge >= 0.3 is 0 Å². The van der Waals surface area contributed by atoms with Gasteiger partial charge in [0.2, 0.25) is 11.8 Å².